The average molecular weight is 269 g/mol. The van der Waals surface area contributed by atoms with Gasteiger partial charge in [0.2, 0.25) is 0 Å². The molecule has 1 aromatic heterocycles. The molecule has 3 nitrogen and oxygen atoms in total. The Morgan fingerprint density at radius 3 is 2.95 bits per heavy atom. The van der Waals surface area contributed by atoms with Crippen LogP contribution in [0.4, 0.5) is 0 Å². The standard InChI is InChI=1S/C15H15N3S/c1-10-5-6-13-14(7-10)18-15(17-13)19-12-4-2-3-11(8-12)9-16/h2-8H,9,16H2,1H3,(H,17,18). The van der Waals surface area contributed by atoms with Crippen LogP contribution in [0.5, 0.6) is 0 Å². The minimum atomic E-state index is 0.563. The first-order valence-corrected chi connectivity index (χ1v) is 6.99. The fourth-order valence-electron chi connectivity index (χ4n) is 2.00. The first-order valence-electron chi connectivity index (χ1n) is 6.18. The van der Waals surface area contributed by atoms with Gasteiger partial charge >= 0.3 is 0 Å². The van der Waals surface area contributed by atoms with Crippen molar-refractivity contribution in [1.82, 2.24) is 9.97 Å². The van der Waals surface area contributed by atoms with Crippen LogP contribution in [0.2, 0.25) is 0 Å². The first kappa shape index (κ1) is 12.3. The number of benzene rings is 2. The van der Waals surface area contributed by atoms with Gasteiger partial charge in [-0.05, 0) is 42.3 Å². The first-order chi connectivity index (χ1) is 9.24. The van der Waals surface area contributed by atoms with E-state index in [1.807, 2.05) is 18.2 Å². The Labute approximate surface area is 116 Å². The second-order valence-corrected chi connectivity index (χ2v) is 5.58. The summed E-state index contributed by atoms with van der Waals surface area (Å²) in [6.07, 6.45) is 0. The van der Waals surface area contributed by atoms with Crippen LogP contribution in [0.25, 0.3) is 11.0 Å². The molecular weight excluding hydrogens is 254 g/mol. The van der Waals surface area contributed by atoms with Crippen LogP contribution in [0, 0.1) is 6.92 Å². The Balaban J connectivity index is 1.92. The van der Waals surface area contributed by atoms with Crippen molar-refractivity contribution in [3.63, 3.8) is 0 Å². The number of imidazole rings is 1. The highest BCUT2D eigenvalue weighted by Gasteiger charge is 2.05. The van der Waals surface area contributed by atoms with Crippen molar-refractivity contribution >= 4 is 22.8 Å². The minimum absolute atomic E-state index is 0.563. The molecule has 4 heteroatoms. The zero-order valence-electron chi connectivity index (χ0n) is 10.7. The van der Waals surface area contributed by atoms with E-state index < -0.39 is 0 Å². The number of hydrogen-bond donors (Lipinski definition) is 2. The summed E-state index contributed by atoms with van der Waals surface area (Å²) in [5, 5.41) is 0.912. The van der Waals surface area contributed by atoms with Crippen molar-refractivity contribution in [2.24, 2.45) is 5.73 Å². The molecule has 0 aliphatic rings. The number of hydrogen-bond acceptors (Lipinski definition) is 3. The van der Waals surface area contributed by atoms with Crippen molar-refractivity contribution in [2.45, 2.75) is 23.5 Å². The third kappa shape index (κ3) is 2.64. The molecule has 19 heavy (non-hydrogen) atoms. The van der Waals surface area contributed by atoms with Gasteiger partial charge in [-0.25, -0.2) is 4.98 Å². The van der Waals surface area contributed by atoms with Gasteiger partial charge in [-0.1, -0.05) is 30.0 Å². The maximum atomic E-state index is 5.66. The highest BCUT2D eigenvalue weighted by Crippen LogP contribution is 2.27. The molecule has 0 radical (unpaired) electrons. The molecule has 3 aromatic rings. The molecule has 3 N–H and O–H groups in total. The molecule has 0 aliphatic heterocycles. The van der Waals surface area contributed by atoms with E-state index in [1.165, 1.54) is 5.56 Å². The van der Waals surface area contributed by atoms with E-state index in [9.17, 15) is 0 Å². The van der Waals surface area contributed by atoms with Crippen LogP contribution < -0.4 is 5.73 Å². The molecule has 0 bridgehead atoms. The Kier molecular flexibility index (Phi) is 3.27. The third-order valence-corrected chi connectivity index (χ3v) is 3.84. The van der Waals surface area contributed by atoms with E-state index in [0.29, 0.717) is 6.54 Å². The number of H-pyrrole nitrogens is 1. The number of nitrogens with one attached hydrogen (secondary N) is 1. The molecule has 96 valence electrons. The predicted molar refractivity (Wildman–Crippen MR) is 79.3 cm³/mol. The van der Waals surface area contributed by atoms with Crippen molar-refractivity contribution in [3.8, 4) is 0 Å². The summed E-state index contributed by atoms with van der Waals surface area (Å²) >= 11 is 1.63. The zero-order valence-corrected chi connectivity index (χ0v) is 11.5. The SMILES string of the molecule is Cc1ccc2nc(Sc3cccc(CN)c3)[nH]c2c1. The third-order valence-electron chi connectivity index (χ3n) is 2.96. The van der Waals surface area contributed by atoms with E-state index >= 15 is 0 Å². The normalized spacial score (nSPS) is 11.1. The number of fused-ring (bicyclic) bond motifs is 1. The van der Waals surface area contributed by atoms with E-state index in [4.69, 9.17) is 5.73 Å². The van der Waals surface area contributed by atoms with Crippen LogP contribution in [-0.4, -0.2) is 9.97 Å². The maximum Gasteiger partial charge on any atom is 0.171 e. The van der Waals surface area contributed by atoms with Gasteiger partial charge in [0.25, 0.3) is 0 Å². The van der Waals surface area contributed by atoms with Gasteiger partial charge in [0.15, 0.2) is 5.16 Å². The Morgan fingerprint density at radius 1 is 1.21 bits per heavy atom. The smallest absolute Gasteiger partial charge is 0.171 e. The molecule has 0 unspecified atom stereocenters. The van der Waals surface area contributed by atoms with Crippen molar-refractivity contribution in [3.05, 3.63) is 53.6 Å². The molecule has 0 saturated heterocycles. The summed E-state index contributed by atoms with van der Waals surface area (Å²) in [5.41, 5.74) is 10.1. The lowest BCUT2D eigenvalue weighted by Crippen LogP contribution is -1.95. The van der Waals surface area contributed by atoms with Crippen LogP contribution in [0.3, 0.4) is 0 Å². The van der Waals surface area contributed by atoms with E-state index in [1.54, 1.807) is 11.8 Å². The summed E-state index contributed by atoms with van der Waals surface area (Å²) in [6.45, 7) is 2.64. The summed E-state index contributed by atoms with van der Waals surface area (Å²) in [5.74, 6) is 0. The summed E-state index contributed by atoms with van der Waals surface area (Å²) in [7, 11) is 0. The van der Waals surface area contributed by atoms with E-state index in [2.05, 4.69) is 41.2 Å². The van der Waals surface area contributed by atoms with Crippen LogP contribution in [-0.2, 0) is 6.54 Å². The number of aromatic amines is 1. The van der Waals surface area contributed by atoms with Gasteiger partial charge in [0, 0.05) is 11.4 Å². The monoisotopic (exact) mass is 269 g/mol. The highest BCUT2D eigenvalue weighted by atomic mass is 32.2. The van der Waals surface area contributed by atoms with E-state index in [0.717, 1.165) is 26.6 Å². The summed E-state index contributed by atoms with van der Waals surface area (Å²) in [6, 6.07) is 14.5. The van der Waals surface area contributed by atoms with E-state index in [-0.39, 0.29) is 0 Å². The largest absolute Gasteiger partial charge is 0.333 e. The van der Waals surface area contributed by atoms with Crippen molar-refractivity contribution in [1.29, 1.82) is 0 Å². The molecule has 0 amide bonds. The second-order valence-electron chi connectivity index (χ2n) is 4.52. The molecule has 0 aliphatic carbocycles. The topological polar surface area (TPSA) is 54.7 Å². The van der Waals surface area contributed by atoms with Gasteiger partial charge in [0.05, 0.1) is 11.0 Å². The lowest BCUT2D eigenvalue weighted by molar-refractivity contribution is 1.05. The Bertz CT molecular complexity index is 718. The van der Waals surface area contributed by atoms with Gasteiger partial charge < -0.3 is 10.7 Å². The van der Waals surface area contributed by atoms with Crippen LogP contribution in [0.1, 0.15) is 11.1 Å². The maximum absolute atomic E-state index is 5.66. The van der Waals surface area contributed by atoms with Crippen LogP contribution in [0.15, 0.2) is 52.5 Å². The number of nitrogens with two attached hydrogens (primary N) is 1. The quantitative estimate of drug-likeness (QED) is 0.765. The summed E-state index contributed by atoms with van der Waals surface area (Å²) < 4.78 is 0. The number of aromatic nitrogens is 2. The van der Waals surface area contributed by atoms with Gasteiger partial charge in [-0.3, -0.25) is 0 Å². The number of rotatable bonds is 3. The van der Waals surface area contributed by atoms with Crippen LogP contribution >= 0.6 is 11.8 Å². The lowest BCUT2D eigenvalue weighted by atomic mass is 10.2. The van der Waals surface area contributed by atoms with Crippen molar-refractivity contribution in [2.75, 3.05) is 0 Å². The molecule has 0 atom stereocenters. The molecule has 1 heterocycles. The molecule has 0 saturated carbocycles. The van der Waals surface area contributed by atoms with Gasteiger partial charge in [-0.2, -0.15) is 0 Å². The molecule has 3 rings (SSSR count). The molecule has 2 aromatic carbocycles. The molecule has 0 fully saturated rings. The zero-order chi connectivity index (χ0) is 13.2. The second kappa shape index (κ2) is 5.07. The predicted octanol–water partition coefficient (Wildman–Crippen LogP) is 3.48. The number of aryl methyl sites for hydroxylation is 1. The summed E-state index contributed by atoms with van der Waals surface area (Å²) in [4.78, 5) is 9.08. The fraction of sp³-hybridized carbons (Fsp3) is 0.133. The van der Waals surface area contributed by atoms with Crippen molar-refractivity contribution < 1.29 is 0 Å². The molecular formula is C15H15N3S. The van der Waals surface area contributed by atoms with Gasteiger partial charge in [0.1, 0.15) is 0 Å². The Morgan fingerprint density at radius 2 is 2.11 bits per heavy atom. The minimum Gasteiger partial charge on any atom is -0.333 e. The lowest BCUT2D eigenvalue weighted by Gasteiger charge is -2.00. The average Bonchev–Trinajstić information content (AvgIpc) is 2.80. The number of nitrogens with zero attached hydrogens (tertiary/aromatic N) is 1. The van der Waals surface area contributed by atoms with Gasteiger partial charge in [-0.15, -0.1) is 0 Å². The fourth-order valence-corrected chi connectivity index (χ4v) is 2.88. The Hall–Kier alpha value is -1.78. The highest BCUT2D eigenvalue weighted by molar-refractivity contribution is 7.99. The molecule has 0 spiro atoms.